The van der Waals surface area contributed by atoms with Crippen LogP contribution in [0.15, 0.2) is 71.2 Å². The number of hydrogen-bond donors (Lipinski definition) is 2. The predicted octanol–water partition coefficient (Wildman–Crippen LogP) is 8.99. The highest BCUT2D eigenvalue weighted by Gasteiger charge is 2.32. The molecular formula is C39H59F2N3O2. The molecule has 0 bridgehead atoms. The molecule has 2 N–H and O–H groups in total. The molecule has 1 aliphatic carbocycles. The van der Waals surface area contributed by atoms with Gasteiger partial charge in [-0.1, -0.05) is 95.0 Å². The van der Waals surface area contributed by atoms with Crippen LogP contribution in [0.2, 0.25) is 0 Å². The Morgan fingerprint density at radius 2 is 1.61 bits per heavy atom. The van der Waals surface area contributed by atoms with Crippen molar-refractivity contribution in [2.45, 2.75) is 104 Å². The topological polar surface area (TPSA) is 64.9 Å². The van der Waals surface area contributed by atoms with Crippen molar-refractivity contribution >= 4 is 11.7 Å². The van der Waals surface area contributed by atoms with Crippen molar-refractivity contribution in [3.63, 3.8) is 0 Å². The number of aliphatic carboxylic acids is 1. The zero-order chi connectivity index (χ0) is 33.9. The molecular weight excluding hydrogens is 580 g/mol. The zero-order valence-corrected chi connectivity index (χ0v) is 29.2. The number of hydrogen-bond acceptors (Lipinski definition) is 4. The summed E-state index contributed by atoms with van der Waals surface area (Å²) in [4.78, 5) is 18.4. The van der Waals surface area contributed by atoms with E-state index in [4.69, 9.17) is 0 Å². The van der Waals surface area contributed by atoms with Gasteiger partial charge >= 0.3 is 5.97 Å². The number of halogens is 2. The Bertz CT molecular complexity index is 1160. The maximum atomic E-state index is 13.5. The first-order valence-electron chi connectivity index (χ1n) is 17.4. The van der Waals surface area contributed by atoms with Gasteiger partial charge in [-0.2, -0.15) is 0 Å². The highest BCUT2D eigenvalue weighted by molar-refractivity contribution is 5.97. The first-order valence-corrected chi connectivity index (χ1v) is 17.4. The summed E-state index contributed by atoms with van der Waals surface area (Å²) in [6.45, 7) is 13.7. The molecule has 1 saturated heterocycles. The lowest BCUT2D eigenvalue weighted by Gasteiger charge is -2.34. The van der Waals surface area contributed by atoms with Crippen molar-refractivity contribution in [3.8, 4) is 0 Å². The Hall–Kier alpha value is -2.90. The molecule has 0 radical (unpaired) electrons. The molecule has 0 amide bonds. The first-order chi connectivity index (χ1) is 22.1. The number of unbranched alkanes of at least 4 members (excludes halogenated alkanes) is 2. The van der Waals surface area contributed by atoms with Crippen LogP contribution in [0.5, 0.6) is 0 Å². The normalized spacial score (nSPS) is 20.0. The van der Waals surface area contributed by atoms with Crippen molar-refractivity contribution in [3.05, 3.63) is 83.4 Å². The van der Waals surface area contributed by atoms with E-state index in [1.54, 1.807) is 13.1 Å². The van der Waals surface area contributed by atoms with Crippen molar-refractivity contribution in [1.82, 2.24) is 10.2 Å². The molecule has 0 spiro atoms. The highest BCUT2D eigenvalue weighted by atomic mass is 19.2. The van der Waals surface area contributed by atoms with Crippen molar-refractivity contribution < 1.29 is 18.7 Å². The Morgan fingerprint density at radius 1 is 1.00 bits per heavy atom. The van der Waals surface area contributed by atoms with E-state index in [0.29, 0.717) is 24.3 Å². The van der Waals surface area contributed by atoms with E-state index >= 15 is 0 Å². The Labute approximate surface area is 277 Å². The minimum absolute atomic E-state index is 0.0806. The number of carbonyl (C=O) groups is 1. The number of likely N-dealkylation sites (tertiary alicyclic amines) is 1. The average molecular weight is 640 g/mol. The second kappa shape index (κ2) is 21.8. The van der Waals surface area contributed by atoms with Crippen LogP contribution in [-0.4, -0.2) is 60.5 Å². The van der Waals surface area contributed by atoms with Gasteiger partial charge in [-0.3, -0.25) is 9.79 Å². The quantitative estimate of drug-likeness (QED) is 0.228. The molecule has 5 nitrogen and oxygen atoms in total. The van der Waals surface area contributed by atoms with Crippen LogP contribution in [0.25, 0.3) is 0 Å². The number of carboxylic acids is 1. The second-order valence-corrected chi connectivity index (χ2v) is 13.2. The van der Waals surface area contributed by atoms with Gasteiger partial charge < -0.3 is 15.3 Å². The lowest BCUT2D eigenvalue weighted by atomic mass is 9.88. The number of aliphatic imine (C=N–C) groups is 1. The molecule has 2 fully saturated rings. The summed E-state index contributed by atoms with van der Waals surface area (Å²) >= 11 is 0. The summed E-state index contributed by atoms with van der Waals surface area (Å²) in [5.74, 6) is -1.19. The summed E-state index contributed by atoms with van der Waals surface area (Å²) < 4.78 is 26.8. The highest BCUT2D eigenvalue weighted by Crippen LogP contribution is 2.30. The number of benzene rings is 2. The lowest BCUT2D eigenvalue weighted by Crippen LogP contribution is -2.45. The first kappa shape index (κ1) is 39.3. The van der Waals surface area contributed by atoms with Gasteiger partial charge in [-0.05, 0) is 93.6 Å². The minimum atomic E-state index is -0.827. The summed E-state index contributed by atoms with van der Waals surface area (Å²) in [6, 6.07) is 15.9. The van der Waals surface area contributed by atoms with Crippen LogP contribution >= 0.6 is 0 Å². The fourth-order valence-electron chi connectivity index (χ4n) is 6.30. The molecule has 1 heterocycles. The number of rotatable bonds is 12. The van der Waals surface area contributed by atoms with E-state index in [9.17, 15) is 18.7 Å². The molecule has 2 aromatic carbocycles. The van der Waals surface area contributed by atoms with E-state index in [0.717, 1.165) is 63.0 Å². The van der Waals surface area contributed by atoms with E-state index in [1.165, 1.54) is 37.0 Å². The van der Waals surface area contributed by atoms with Crippen LogP contribution in [0.1, 0.15) is 91.5 Å². The van der Waals surface area contributed by atoms with Gasteiger partial charge in [0.1, 0.15) is 6.04 Å². The average Bonchev–Trinajstić information content (AvgIpc) is 3.50. The number of nitrogens with zero attached hydrogens (tertiary/aromatic N) is 2. The Kier molecular flexibility index (Phi) is 18.6. The summed E-state index contributed by atoms with van der Waals surface area (Å²) in [6.07, 6.45) is 12.1. The van der Waals surface area contributed by atoms with Crippen LogP contribution in [0.4, 0.5) is 8.78 Å². The molecule has 7 heteroatoms. The predicted molar refractivity (Wildman–Crippen MR) is 189 cm³/mol. The van der Waals surface area contributed by atoms with Gasteiger partial charge in [0, 0.05) is 31.8 Å². The van der Waals surface area contributed by atoms with Gasteiger partial charge in [0.15, 0.2) is 11.6 Å². The fraction of sp³-hybridized carbons (Fsp3) is 0.590. The monoisotopic (exact) mass is 639 g/mol. The minimum Gasteiger partial charge on any atom is -0.480 e. The number of nitrogens with one attached hydrogen (secondary N) is 1. The standard InChI is InChI=1S/C28H41F2N3O2.C6H6.C5H12/c1-18(2)27(28(34)35)32-23-7-5-21(15-23)17-33-11-9-22(10-12-33)19(3)13-24(31-4)14-20-6-8-25(29)26(30)16-20;1-2-4-6-5-3-1;1-3-5-4-2/h6,8,13,16,18,21-23,27,32H,5,7,9-12,14-15,17H2,1-4H3,(H,34,35);1-6H;3-5H2,1-2H3/b19-13+,31-24?;;. The summed E-state index contributed by atoms with van der Waals surface area (Å²) in [5, 5.41) is 12.8. The zero-order valence-electron chi connectivity index (χ0n) is 29.2. The van der Waals surface area contributed by atoms with Crippen LogP contribution in [0.3, 0.4) is 0 Å². The molecule has 3 atom stereocenters. The van der Waals surface area contributed by atoms with E-state index in [1.807, 2.05) is 50.2 Å². The fourth-order valence-corrected chi connectivity index (χ4v) is 6.30. The second-order valence-electron chi connectivity index (χ2n) is 13.2. The molecule has 1 aliphatic heterocycles. The molecule has 2 aliphatic rings. The molecule has 1 saturated carbocycles. The number of carboxylic acid groups (broad SMARTS) is 1. The lowest BCUT2D eigenvalue weighted by molar-refractivity contribution is -0.140. The molecule has 2 aromatic rings. The summed E-state index contributed by atoms with van der Waals surface area (Å²) in [7, 11) is 1.74. The van der Waals surface area contributed by atoms with E-state index in [2.05, 4.69) is 42.1 Å². The van der Waals surface area contributed by atoms with Gasteiger partial charge in [-0.25, -0.2) is 8.78 Å². The Balaban J connectivity index is 0.000000566. The third-order valence-electron chi connectivity index (χ3n) is 9.06. The van der Waals surface area contributed by atoms with Crippen molar-refractivity contribution in [2.75, 3.05) is 26.7 Å². The van der Waals surface area contributed by atoms with Crippen molar-refractivity contribution in [1.29, 1.82) is 0 Å². The van der Waals surface area contributed by atoms with E-state index in [-0.39, 0.29) is 5.92 Å². The van der Waals surface area contributed by atoms with Gasteiger partial charge in [0.2, 0.25) is 0 Å². The molecule has 3 unspecified atom stereocenters. The third kappa shape index (κ3) is 14.7. The number of piperidine rings is 1. The van der Waals surface area contributed by atoms with Crippen LogP contribution in [-0.2, 0) is 11.2 Å². The maximum absolute atomic E-state index is 13.5. The Morgan fingerprint density at radius 3 is 2.09 bits per heavy atom. The molecule has 256 valence electrons. The van der Waals surface area contributed by atoms with E-state index < -0.39 is 23.6 Å². The van der Waals surface area contributed by atoms with Crippen molar-refractivity contribution in [2.24, 2.45) is 22.7 Å². The van der Waals surface area contributed by atoms with Crippen LogP contribution < -0.4 is 5.32 Å². The maximum Gasteiger partial charge on any atom is 0.320 e. The van der Waals surface area contributed by atoms with Crippen LogP contribution in [0, 0.1) is 29.4 Å². The molecule has 4 rings (SSSR count). The third-order valence-corrected chi connectivity index (χ3v) is 9.06. The van der Waals surface area contributed by atoms with Gasteiger partial charge in [-0.15, -0.1) is 0 Å². The number of allylic oxidation sites excluding steroid dienone is 2. The van der Waals surface area contributed by atoms with Gasteiger partial charge in [0.25, 0.3) is 0 Å². The SMILES string of the molecule is CCCCC.CN=C(/C=C(\C)C1CCN(CC2CCC(NC(C(=O)O)C(C)C)C2)CC1)Cc1ccc(F)c(F)c1.c1ccccc1. The summed E-state index contributed by atoms with van der Waals surface area (Å²) in [5.41, 5.74) is 2.89. The molecule has 0 aromatic heterocycles. The largest absolute Gasteiger partial charge is 0.480 e. The smallest absolute Gasteiger partial charge is 0.320 e. The van der Waals surface area contributed by atoms with Gasteiger partial charge in [0.05, 0.1) is 0 Å². The molecule has 46 heavy (non-hydrogen) atoms.